The van der Waals surface area contributed by atoms with Crippen LogP contribution in [0.25, 0.3) is 0 Å². The minimum absolute atomic E-state index is 0.203. The summed E-state index contributed by atoms with van der Waals surface area (Å²) in [6, 6.07) is 2.34. The molecule has 0 aromatic carbocycles. The van der Waals surface area contributed by atoms with Crippen LogP contribution in [0.1, 0.15) is 32.7 Å². The highest BCUT2D eigenvalue weighted by atomic mass is 16.5. The van der Waals surface area contributed by atoms with Gasteiger partial charge in [-0.25, -0.2) is 4.79 Å². The lowest BCUT2D eigenvalue weighted by Crippen LogP contribution is -2.29. The summed E-state index contributed by atoms with van der Waals surface area (Å²) in [7, 11) is 0. The molecule has 1 aromatic rings. The van der Waals surface area contributed by atoms with Crippen molar-refractivity contribution in [2.45, 2.75) is 32.7 Å². The van der Waals surface area contributed by atoms with Gasteiger partial charge < -0.3 is 9.84 Å². The van der Waals surface area contributed by atoms with Gasteiger partial charge in [0.05, 0.1) is 6.61 Å². The lowest BCUT2D eigenvalue weighted by Gasteiger charge is -2.14. The van der Waals surface area contributed by atoms with Crippen molar-refractivity contribution in [3.05, 3.63) is 28.7 Å². The summed E-state index contributed by atoms with van der Waals surface area (Å²) in [5.41, 5.74) is -0.393. The first-order valence-corrected chi connectivity index (χ1v) is 5.68. The molecule has 1 N–H and O–H groups in total. The first-order valence-electron chi connectivity index (χ1n) is 5.68. The van der Waals surface area contributed by atoms with E-state index in [2.05, 4.69) is 0 Å². The number of ether oxygens (including phenoxy) is 1. The number of hydrogen-bond donors (Lipinski definition) is 1. The Balaban J connectivity index is 3.09. The van der Waals surface area contributed by atoms with Crippen LogP contribution in [0.3, 0.4) is 0 Å². The molecule has 0 amide bonds. The van der Waals surface area contributed by atoms with Crippen molar-refractivity contribution in [3.8, 4) is 5.75 Å². The van der Waals surface area contributed by atoms with E-state index >= 15 is 0 Å². The Morgan fingerprint density at radius 1 is 1.53 bits per heavy atom. The van der Waals surface area contributed by atoms with Crippen LogP contribution in [0.4, 0.5) is 0 Å². The first-order chi connectivity index (χ1) is 8.11. The maximum Gasteiger partial charge on any atom is 0.326 e. The van der Waals surface area contributed by atoms with Gasteiger partial charge in [0, 0.05) is 6.20 Å². The van der Waals surface area contributed by atoms with Gasteiger partial charge in [0.1, 0.15) is 6.04 Å². The maximum atomic E-state index is 12.0. The molecule has 17 heavy (non-hydrogen) atoms. The molecule has 1 rings (SSSR count). The summed E-state index contributed by atoms with van der Waals surface area (Å²) in [5.74, 6) is -0.809. The molecule has 5 heteroatoms. The summed E-state index contributed by atoms with van der Waals surface area (Å²) in [5, 5.41) is 9.02. The highest BCUT2D eigenvalue weighted by Crippen LogP contribution is 2.11. The Labute approximate surface area is 99.6 Å². The number of aromatic nitrogens is 1. The van der Waals surface area contributed by atoms with Crippen LogP contribution in [0.2, 0.25) is 0 Å². The van der Waals surface area contributed by atoms with Crippen LogP contribution in [-0.2, 0) is 4.79 Å². The fourth-order valence-electron chi connectivity index (χ4n) is 1.55. The Morgan fingerprint density at radius 3 is 2.76 bits per heavy atom. The van der Waals surface area contributed by atoms with Gasteiger partial charge in [0.15, 0.2) is 5.75 Å². The number of hydrogen-bond acceptors (Lipinski definition) is 3. The topological polar surface area (TPSA) is 68.5 Å². The quantitative estimate of drug-likeness (QED) is 0.820. The Morgan fingerprint density at radius 2 is 2.24 bits per heavy atom. The molecule has 0 fully saturated rings. The van der Waals surface area contributed by atoms with E-state index in [0.29, 0.717) is 13.0 Å². The van der Waals surface area contributed by atoms with Gasteiger partial charge in [-0.3, -0.25) is 9.36 Å². The molecular formula is C12H17NO4. The number of nitrogens with zero attached hydrogens (tertiary/aromatic N) is 1. The fourth-order valence-corrected chi connectivity index (χ4v) is 1.55. The molecule has 0 bridgehead atoms. The molecule has 5 nitrogen and oxygen atoms in total. The zero-order chi connectivity index (χ0) is 12.8. The minimum Gasteiger partial charge on any atom is -0.488 e. The number of carboxylic acids is 1. The van der Waals surface area contributed by atoms with Gasteiger partial charge >= 0.3 is 5.97 Å². The summed E-state index contributed by atoms with van der Waals surface area (Å²) < 4.78 is 6.48. The number of carbonyl (C=O) groups is 1. The number of pyridine rings is 1. The largest absolute Gasteiger partial charge is 0.488 e. The summed E-state index contributed by atoms with van der Waals surface area (Å²) >= 11 is 0. The van der Waals surface area contributed by atoms with Crippen LogP contribution >= 0.6 is 0 Å². The summed E-state index contributed by atoms with van der Waals surface area (Å²) in [4.78, 5) is 23.0. The zero-order valence-corrected chi connectivity index (χ0v) is 10.0. The number of rotatable bonds is 6. The van der Waals surface area contributed by atoms with Crippen LogP contribution in [0.5, 0.6) is 5.75 Å². The Kier molecular flexibility index (Phi) is 4.75. The molecule has 1 unspecified atom stereocenters. The van der Waals surface area contributed by atoms with Gasteiger partial charge in [0.2, 0.25) is 0 Å². The minimum atomic E-state index is -1.01. The van der Waals surface area contributed by atoms with Crippen molar-refractivity contribution < 1.29 is 14.6 Å². The fraction of sp³-hybridized carbons (Fsp3) is 0.500. The van der Waals surface area contributed by atoms with E-state index in [0.717, 1.165) is 6.42 Å². The molecule has 0 saturated heterocycles. The second kappa shape index (κ2) is 6.08. The first kappa shape index (κ1) is 13.3. The highest BCUT2D eigenvalue weighted by Gasteiger charge is 2.19. The summed E-state index contributed by atoms with van der Waals surface area (Å²) in [6.07, 6.45) is 2.63. The third-order valence-electron chi connectivity index (χ3n) is 2.41. The van der Waals surface area contributed by atoms with E-state index in [4.69, 9.17) is 9.84 Å². The van der Waals surface area contributed by atoms with Crippen molar-refractivity contribution in [2.24, 2.45) is 0 Å². The van der Waals surface area contributed by atoms with E-state index in [-0.39, 0.29) is 5.75 Å². The van der Waals surface area contributed by atoms with Gasteiger partial charge in [-0.05, 0) is 25.0 Å². The molecule has 0 aliphatic heterocycles. The Bertz CT molecular complexity index is 438. The predicted molar refractivity (Wildman–Crippen MR) is 63.5 cm³/mol. The molecule has 0 saturated carbocycles. The molecule has 1 aromatic heterocycles. The second-order valence-corrected chi connectivity index (χ2v) is 3.70. The van der Waals surface area contributed by atoms with Crippen LogP contribution in [0.15, 0.2) is 23.1 Å². The standard InChI is InChI=1S/C12H17NO4/c1-3-8-17-10-6-5-7-13(11(10)14)9(4-2)12(15)16/h5-7,9H,3-4,8H2,1-2H3,(H,15,16). The van der Waals surface area contributed by atoms with Crippen LogP contribution < -0.4 is 10.3 Å². The van der Waals surface area contributed by atoms with Gasteiger partial charge in [0.25, 0.3) is 5.56 Å². The summed E-state index contributed by atoms with van der Waals surface area (Å²) in [6.45, 7) is 4.11. The molecule has 0 aliphatic rings. The molecule has 0 aliphatic carbocycles. The third kappa shape index (κ3) is 3.09. The monoisotopic (exact) mass is 239 g/mol. The van der Waals surface area contributed by atoms with Gasteiger partial charge in [-0.15, -0.1) is 0 Å². The average molecular weight is 239 g/mol. The lowest BCUT2D eigenvalue weighted by atomic mass is 10.2. The Hall–Kier alpha value is -1.78. The molecular weight excluding hydrogens is 222 g/mol. The van der Waals surface area contributed by atoms with Gasteiger partial charge in [-0.1, -0.05) is 13.8 Å². The van der Waals surface area contributed by atoms with Crippen molar-refractivity contribution in [1.82, 2.24) is 4.57 Å². The predicted octanol–water partition coefficient (Wildman–Crippen LogP) is 1.67. The molecule has 1 heterocycles. The molecule has 0 spiro atoms. The van der Waals surface area contributed by atoms with E-state index in [1.807, 2.05) is 6.92 Å². The van der Waals surface area contributed by atoms with Crippen molar-refractivity contribution in [2.75, 3.05) is 6.61 Å². The smallest absolute Gasteiger partial charge is 0.326 e. The van der Waals surface area contributed by atoms with E-state index in [1.165, 1.54) is 10.8 Å². The van der Waals surface area contributed by atoms with Crippen molar-refractivity contribution in [3.63, 3.8) is 0 Å². The molecule has 94 valence electrons. The normalized spacial score (nSPS) is 12.1. The molecule has 1 atom stereocenters. The third-order valence-corrected chi connectivity index (χ3v) is 2.41. The second-order valence-electron chi connectivity index (χ2n) is 3.70. The van der Waals surface area contributed by atoms with E-state index in [1.54, 1.807) is 19.1 Å². The maximum absolute atomic E-state index is 12.0. The van der Waals surface area contributed by atoms with E-state index < -0.39 is 17.6 Å². The lowest BCUT2D eigenvalue weighted by molar-refractivity contribution is -0.141. The average Bonchev–Trinajstić information content (AvgIpc) is 2.30. The van der Waals surface area contributed by atoms with Crippen molar-refractivity contribution >= 4 is 5.97 Å². The number of aliphatic carboxylic acids is 1. The molecule has 0 radical (unpaired) electrons. The highest BCUT2D eigenvalue weighted by molar-refractivity contribution is 5.71. The number of carboxylic acid groups (broad SMARTS) is 1. The van der Waals surface area contributed by atoms with Gasteiger partial charge in [-0.2, -0.15) is 0 Å². The SMILES string of the molecule is CCCOc1cccn(C(CC)C(=O)O)c1=O. The van der Waals surface area contributed by atoms with Crippen LogP contribution in [0, 0.1) is 0 Å². The van der Waals surface area contributed by atoms with E-state index in [9.17, 15) is 9.59 Å². The van der Waals surface area contributed by atoms with Crippen LogP contribution in [-0.4, -0.2) is 22.2 Å². The van der Waals surface area contributed by atoms with Crippen molar-refractivity contribution in [1.29, 1.82) is 0 Å². The zero-order valence-electron chi connectivity index (χ0n) is 10.0.